The first-order valence-electron chi connectivity index (χ1n) is 35.7. The van der Waals surface area contributed by atoms with Gasteiger partial charge in [-0.3, -0.25) is 58.5 Å². The molecule has 0 fully saturated rings. The van der Waals surface area contributed by atoms with Gasteiger partial charge in [0, 0.05) is 139 Å². The molecule has 5 amide bonds. The number of nitrogen functional groups attached to an aromatic ring is 1. The summed E-state index contributed by atoms with van der Waals surface area (Å²) in [5, 5.41) is 15.0. The maximum atomic E-state index is 13.5. The molecular weight excluding hydrogens is 1390 g/mol. The summed E-state index contributed by atoms with van der Waals surface area (Å²) in [6, 6.07) is 25.6. The van der Waals surface area contributed by atoms with Crippen LogP contribution in [-0.4, -0.2) is 150 Å². The number of carbonyl (C=O) groups excluding carboxylic acids is 7. The molecule has 0 aliphatic carbocycles. The summed E-state index contributed by atoms with van der Waals surface area (Å²) in [6.07, 6.45) is 20.9. The van der Waals surface area contributed by atoms with Crippen molar-refractivity contribution in [3.63, 3.8) is 0 Å². The number of fused-ring (bicyclic) bond motifs is 3. The second-order valence-corrected chi connectivity index (χ2v) is 27.2. The predicted molar refractivity (Wildman–Crippen MR) is 430 cm³/mol. The molecular formula is C83H110KN13O11. The zero-order valence-corrected chi connectivity index (χ0v) is 66.7. The van der Waals surface area contributed by atoms with Gasteiger partial charge in [-0.25, -0.2) is 9.79 Å². The van der Waals surface area contributed by atoms with Crippen LogP contribution in [-0.2, 0) is 33.4 Å². The fourth-order valence-electron chi connectivity index (χ4n) is 11.2. The fraction of sp³-hybridized carbons (Fsp3) is 0.398. The van der Waals surface area contributed by atoms with Crippen LogP contribution in [0.4, 0.5) is 34.1 Å². The molecule has 0 spiro atoms. The summed E-state index contributed by atoms with van der Waals surface area (Å²) in [5.41, 5.74) is 19.4. The number of aliphatic imine (C=N–C) groups is 3. The molecule has 3 aromatic carbocycles. The molecule has 7 N–H and O–H groups in total. The van der Waals surface area contributed by atoms with Gasteiger partial charge in [0.1, 0.15) is 17.0 Å². The Labute approximate surface area is 681 Å². The second kappa shape index (κ2) is 45.9. The fourth-order valence-corrected chi connectivity index (χ4v) is 11.2. The number of aromatic carboxylic acids is 1. The number of carboxylic acids is 1. The molecule has 0 atom stereocenters. The average Bonchev–Trinajstić information content (AvgIpc) is 0.978. The number of pyridine rings is 3. The van der Waals surface area contributed by atoms with E-state index in [-0.39, 0.29) is 135 Å². The molecule has 6 heterocycles. The zero-order chi connectivity index (χ0) is 76.8. The number of carbonyl (C=O) groups is 8. The van der Waals surface area contributed by atoms with Crippen LogP contribution in [0.15, 0.2) is 160 Å². The van der Waals surface area contributed by atoms with E-state index >= 15 is 0 Å². The molecule has 108 heavy (non-hydrogen) atoms. The first kappa shape index (κ1) is 92.5. The van der Waals surface area contributed by atoms with E-state index in [0.717, 1.165) is 44.1 Å². The van der Waals surface area contributed by atoms with Crippen LogP contribution in [0, 0.1) is 0 Å². The minimum atomic E-state index is -1.06. The second-order valence-electron chi connectivity index (χ2n) is 27.2. The van der Waals surface area contributed by atoms with Crippen LogP contribution in [0.3, 0.4) is 0 Å². The number of amidine groups is 1. The van der Waals surface area contributed by atoms with Crippen molar-refractivity contribution in [2.75, 3.05) is 55.6 Å². The molecule has 9 rings (SSSR count). The minimum Gasteiger partial charge on any atom is -1.00 e. The summed E-state index contributed by atoms with van der Waals surface area (Å²) >= 11 is 0. The Hall–Kier alpha value is -9.66. The quantitative estimate of drug-likeness (QED) is 0.0278. The van der Waals surface area contributed by atoms with Gasteiger partial charge in [0.05, 0.1) is 64.9 Å². The van der Waals surface area contributed by atoms with Crippen molar-refractivity contribution in [1.82, 2.24) is 29.7 Å². The third-order valence-electron chi connectivity index (χ3n) is 15.5. The Bertz CT molecular complexity index is 4210. The van der Waals surface area contributed by atoms with Crippen molar-refractivity contribution in [2.24, 2.45) is 20.7 Å². The van der Waals surface area contributed by atoms with E-state index in [0.29, 0.717) is 130 Å². The van der Waals surface area contributed by atoms with E-state index in [1.54, 1.807) is 143 Å². The van der Waals surface area contributed by atoms with Crippen molar-refractivity contribution in [2.45, 2.75) is 180 Å². The van der Waals surface area contributed by atoms with Gasteiger partial charge in [-0.2, -0.15) is 0 Å². The van der Waals surface area contributed by atoms with E-state index < -0.39 is 29.1 Å². The number of hydrogen-bond acceptors (Lipinski definition) is 18. The van der Waals surface area contributed by atoms with Gasteiger partial charge in [0.2, 0.25) is 17.7 Å². The molecule has 24 nitrogen and oxygen atoms in total. The molecule has 25 heteroatoms. The SMILES string of the molecule is C.C.CCCN(CCC)C(=O)C1=Cc2ccc(C(=O)Nc3cccnc3)cc2N=C(CC(=O)OC(C)(C)C)C1.CCCN(CCC)C(=O)C1=Cc2ccc(C(=O)Nc3cccnc3)cc2N=C(N)C1.CCCN(CCC)C(=O)C1=Cc2ccc(C(=O)O)cc2N=C(CC(=O)OC(C)(C)C)C1.Nc1cccnc1.[H-].[K+]. The summed E-state index contributed by atoms with van der Waals surface area (Å²) in [6.45, 7) is 27.1. The monoisotopic (exact) mass is 1500 g/mol. The van der Waals surface area contributed by atoms with Crippen LogP contribution < -0.4 is 73.5 Å². The molecule has 574 valence electrons. The number of nitrogens with one attached hydrogen (secondary N) is 2. The topological polar surface area (TPSA) is 337 Å². The predicted octanol–water partition coefficient (Wildman–Crippen LogP) is 13.0. The third-order valence-corrected chi connectivity index (χ3v) is 15.5. The van der Waals surface area contributed by atoms with Crippen LogP contribution in [0.2, 0.25) is 0 Å². The van der Waals surface area contributed by atoms with E-state index in [4.69, 9.17) is 25.9 Å². The van der Waals surface area contributed by atoms with E-state index in [1.807, 2.05) is 75.3 Å². The Morgan fingerprint density at radius 3 is 1.08 bits per heavy atom. The Balaban J connectivity index is 0.000000523. The zero-order valence-electron chi connectivity index (χ0n) is 64.6. The number of anilines is 3. The number of amides is 5. The van der Waals surface area contributed by atoms with Gasteiger partial charge in [-0.05, 0) is 171 Å². The third kappa shape index (κ3) is 30.5. The Morgan fingerprint density at radius 2 is 0.787 bits per heavy atom. The Kier molecular flexibility index (Phi) is 39.3. The number of hydrogen-bond donors (Lipinski definition) is 5. The van der Waals surface area contributed by atoms with Crippen LogP contribution >= 0.6 is 0 Å². The molecule has 6 aromatic rings. The van der Waals surface area contributed by atoms with E-state index in [1.165, 1.54) is 12.1 Å². The van der Waals surface area contributed by atoms with Gasteiger partial charge in [0.15, 0.2) is 0 Å². The number of benzene rings is 3. The standard InChI is InChI=1S/C29H36N4O4.C24H32N2O5.C23H27N5O2.C5H6N2.2CH4.K.H/c1-6-13-33(14-7-2)28(36)22-15-20-10-11-21(27(35)32-23-9-8-12-30-19-23)17-25(20)31-24(16-22)18-26(34)37-29(3,4)5;1-6-10-26(11-7-2)22(28)18-12-16-8-9-17(23(29)30)14-20(16)25-19(13-18)15-21(27)31-24(3,4)5;1-3-10-28(11-4-2)23(30)18-12-16-7-8-17(13-20(16)27-21(24)14-18)22(29)26-19-6-5-9-25-15-19;6-5-2-1-3-7-4-5;;;;/h8-12,15,17,19H,6-7,13-14,16,18H2,1-5H3,(H,32,35);8-9,12,14H,6-7,10-11,13,15H2,1-5H3,(H,29,30);5-9,12-13,15H,3-4,10-11,14H2,1-2H3,(H2,24,27)(H,26,29);1-4H,6H2;2*1H4;;/q;;;;;;+1;-1. The molecule has 3 aliphatic rings. The molecule has 0 radical (unpaired) electrons. The summed E-state index contributed by atoms with van der Waals surface area (Å²) in [5.74, 6) is -2.28. The van der Waals surface area contributed by atoms with Gasteiger partial charge in [0.25, 0.3) is 11.8 Å². The molecule has 0 bridgehead atoms. The molecule has 0 unspecified atom stereocenters. The number of carboxylic acid groups (broad SMARTS) is 1. The van der Waals surface area contributed by atoms with Crippen molar-refractivity contribution in [1.29, 1.82) is 0 Å². The van der Waals surface area contributed by atoms with Crippen LogP contribution in [0.5, 0.6) is 0 Å². The van der Waals surface area contributed by atoms with Crippen LogP contribution in [0.25, 0.3) is 18.2 Å². The van der Waals surface area contributed by atoms with Gasteiger partial charge in [-0.15, -0.1) is 0 Å². The smallest absolute Gasteiger partial charge is 1.00 e. The average molecular weight is 1500 g/mol. The molecule has 3 aromatic heterocycles. The molecule has 0 saturated heterocycles. The summed E-state index contributed by atoms with van der Waals surface area (Å²) in [4.78, 5) is 133. The molecule has 3 aliphatic heterocycles. The first-order valence-corrected chi connectivity index (χ1v) is 35.7. The van der Waals surface area contributed by atoms with Crippen molar-refractivity contribution in [3.8, 4) is 0 Å². The number of nitrogens with two attached hydrogens (primary N) is 2. The van der Waals surface area contributed by atoms with Gasteiger partial charge >= 0.3 is 69.3 Å². The van der Waals surface area contributed by atoms with Crippen molar-refractivity contribution < 1.29 is 106 Å². The van der Waals surface area contributed by atoms with Gasteiger partial charge < -0.3 is 52.8 Å². The Morgan fingerprint density at radius 1 is 0.463 bits per heavy atom. The largest absolute Gasteiger partial charge is 1.00 e. The summed E-state index contributed by atoms with van der Waals surface area (Å²) < 4.78 is 10.9. The number of esters is 2. The maximum Gasteiger partial charge on any atom is 1.00 e. The minimum absolute atomic E-state index is 0. The van der Waals surface area contributed by atoms with Crippen molar-refractivity contribution >= 4 is 117 Å². The maximum absolute atomic E-state index is 13.5. The normalized spacial score (nSPS) is 12.4. The van der Waals surface area contributed by atoms with E-state index in [9.17, 15) is 43.5 Å². The number of aromatic nitrogens is 3. The number of nitrogens with zero attached hydrogens (tertiary/aromatic N) is 9. The van der Waals surface area contributed by atoms with Gasteiger partial charge in [-0.1, -0.05) is 74.6 Å². The van der Waals surface area contributed by atoms with Crippen LogP contribution in [0.1, 0.15) is 218 Å². The number of rotatable bonds is 24. The summed E-state index contributed by atoms with van der Waals surface area (Å²) in [7, 11) is 0. The van der Waals surface area contributed by atoms with Crippen molar-refractivity contribution in [3.05, 3.63) is 178 Å². The first-order chi connectivity index (χ1) is 50.0. The number of ether oxygens (including phenoxy) is 2. The molecule has 0 saturated carbocycles. The van der Waals surface area contributed by atoms with E-state index in [2.05, 4.69) is 49.4 Å².